The van der Waals surface area contributed by atoms with Gasteiger partial charge in [-0.1, -0.05) is 0 Å². The van der Waals surface area contributed by atoms with Crippen molar-refractivity contribution < 1.29 is 9.53 Å². The largest absolute Gasteiger partial charge is 0.450 e. The van der Waals surface area contributed by atoms with Crippen LogP contribution >= 0.6 is 11.5 Å². The van der Waals surface area contributed by atoms with Crippen molar-refractivity contribution >= 4 is 22.6 Å². The van der Waals surface area contributed by atoms with E-state index in [0.717, 1.165) is 0 Å². The van der Waals surface area contributed by atoms with Crippen LogP contribution in [0.3, 0.4) is 0 Å². The van der Waals surface area contributed by atoms with E-state index in [-0.39, 0.29) is 0 Å². The predicted octanol–water partition coefficient (Wildman–Crippen LogP) is 1.71. The van der Waals surface area contributed by atoms with E-state index in [1.165, 1.54) is 11.5 Å². The molecule has 4 nitrogen and oxygen atoms in total. The fraction of sp³-hybridized carbons (Fsp3) is 0.333. The molecule has 0 fully saturated rings. The zero-order valence-electron chi connectivity index (χ0n) is 6.03. The molecule has 0 atom stereocenters. The van der Waals surface area contributed by atoms with Crippen molar-refractivity contribution in [1.29, 1.82) is 0 Å². The topological polar surface area (TPSA) is 51.2 Å². The van der Waals surface area contributed by atoms with E-state index in [0.29, 0.717) is 11.6 Å². The monoisotopic (exact) mass is 172 g/mol. The molecule has 5 heteroatoms. The van der Waals surface area contributed by atoms with E-state index in [4.69, 9.17) is 0 Å². The highest BCUT2D eigenvalue weighted by Gasteiger charge is 2.01. The van der Waals surface area contributed by atoms with Crippen LogP contribution in [0.5, 0.6) is 0 Å². The molecule has 1 aromatic heterocycles. The third-order valence-electron chi connectivity index (χ3n) is 0.939. The number of hydrogen-bond donors (Lipinski definition) is 1. The molecule has 1 aromatic rings. The first-order valence-electron chi connectivity index (χ1n) is 3.17. The van der Waals surface area contributed by atoms with Crippen molar-refractivity contribution in [3.63, 3.8) is 0 Å². The number of carbonyl (C=O) groups is 1. The highest BCUT2D eigenvalue weighted by atomic mass is 32.1. The second-order valence-corrected chi connectivity index (χ2v) is 2.56. The van der Waals surface area contributed by atoms with Gasteiger partial charge in [0.05, 0.1) is 6.61 Å². The summed E-state index contributed by atoms with van der Waals surface area (Å²) in [5.74, 6) is 0. The van der Waals surface area contributed by atoms with Gasteiger partial charge in [0.25, 0.3) is 0 Å². The van der Waals surface area contributed by atoms with Crippen molar-refractivity contribution in [3.05, 3.63) is 12.3 Å². The molecule has 0 aromatic carbocycles. The molecule has 0 aliphatic rings. The number of ether oxygens (including phenoxy) is 1. The molecule has 1 heterocycles. The molecule has 0 saturated heterocycles. The van der Waals surface area contributed by atoms with Gasteiger partial charge in [-0.05, 0) is 24.5 Å². The number of hydrogen-bond acceptors (Lipinski definition) is 4. The minimum atomic E-state index is -0.434. The van der Waals surface area contributed by atoms with E-state index in [1.54, 1.807) is 19.2 Å². The lowest BCUT2D eigenvalue weighted by atomic mass is 10.7. The highest BCUT2D eigenvalue weighted by molar-refractivity contribution is 7.10. The lowest BCUT2D eigenvalue weighted by Gasteiger charge is -1.99. The minimum absolute atomic E-state index is 0.380. The lowest BCUT2D eigenvalue weighted by Crippen LogP contribution is -2.12. The first-order chi connectivity index (χ1) is 5.33. The summed E-state index contributed by atoms with van der Waals surface area (Å²) >= 11 is 1.22. The molecule has 0 spiro atoms. The second kappa shape index (κ2) is 3.92. The van der Waals surface area contributed by atoms with Gasteiger partial charge in [0.2, 0.25) is 0 Å². The average molecular weight is 172 g/mol. The number of nitrogens with zero attached hydrogens (tertiary/aromatic N) is 1. The van der Waals surface area contributed by atoms with Crippen LogP contribution in [0.4, 0.5) is 9.80 Å². The van der Waals surface area contributed by atoms with Gasteiger partial charge < -0.3 is 4.74 Å². The van der Waals surface area contributed by atoms with Crippen molar-refractivity contribution in [3.8, 4) is 0 Å². The Bertz CT molecular complexity index is 222. The van der Waals surface area contributed by atoms with Gasteiger partial charge in [0.1, 0.15) is 5.00 Å². The zero-order chi connectivity index (χ0) is 8.10. The Labute approximate surface area is 68.4 Å². The molecule has 1 N–H and O–H groups in total. The molecule has 11 heavy (non-hydrogen) atoms. The normalized spacial score (nSPS) is 9.18. The summed E-state index contributed by atoms with van der Waals surface area (Å²) < 4.78 is 8.45. The maximum Gasteiger partial charge on any atom is 0.412 e. The zero-order valence-corrected chi connectivity index (χ0v) is 6.85. The maximum atomic E-state index is 10.8. The van der Waals surface area contributed by atoms with Gasteiger partial charge in [-0.2, -0.15) is 4.37 Å². The fourth-order valence-electron chi connectivity index (χ4n) is 0.548. The van der Waals surface area contributed by atoms with Crippen LogP contribution < -0.4 is 5.32 Å². The van der Waals surface area contributed by atoms with Crippen molar-refractivity contribution in [2.24, 2.45) is 0 Å². The molecular weight excluding hydrogens is 164 g/mol. The summed E-state index contributed by atoms with van der Waals surface area (Å²) in [6, 6.07) is 1.71. The first kappa shape index (κ1) is 8.00. The quantitative estimate of drug-likeness (QED) is 0.738. The molecule has 1 amide bonds. The Balaban J connectivity index is 2.37. The Kier molecular flexibility index (Phi) is 2.85. The molecule has 1 rings (SSSR count). The van der Waals surface area contributed by atoms with Gasteiger partial charge in [-0.15, -0.1) is 0 Å². The van der Waals surface area contributed by atoms with Gasteiger partial charge in [0, 0.05) is 6.20 Å². The molecule has 0 aliphatic carbocycles. The van der Waals surface area contributed by atoms with E-state index in [1.807, 2.05) is 0 Å². The summed E-state index contributed by atoms with van der Waals surface area (Å²) in [5.41, 5.74) is 0. The maximum absolute atomic E-state index is 10.8. The standard InChI is InChI=1S/C6H8N2O2S/c1-2-10-6(9)8-5-3-4-7-11-5/h3-4H,2H2,1H3,(H,8,9). The third-order valence-corrected chi connectivity index (χ3v) is 1.60. The summed E-state index contributed by atoms with van der Waals surface area (Å²) in [5, 5.41) is 3.22. The SMILES string of the molecule is CCOC(=O)Nc1ccns1. The van der Waals surface area contributed by atoms with E-state index < -0.39 is 6.09 Å². The second-order valence-electron chi connectivity index (χ2n) is 1.72. The smallest absolute Gasteiger partial charge is 0.412 e. The number of anilines is 1. The van der Waals surface area contributed by atoms with Gasteiger partial charge >= 0.3 is 6.09 Å². The Morgan fingerprint density at radius 2 is 2.73 bits per heavy atom. The van der Waals surface area contributed by atoms with Crippen LogP contribution in [0.25, 0.3) is 0 Å². The molecular formula is C6H8N2O2S. The summed E-state index contributed by atoms with van der Waals surface area (Å²) in [7, 11) is 0. The summed E-state index contributed by atoms with van der Waals surface area (Å²) in [6.07, 6.45) is 1.18. The van der Waals surface area contributed by atoms with Crippen LogP contribution in [0.2, 0.25) is 0 Å². The first-order valence-corrected chi connectivity index (χ1v) is 3.94. The van der Waals surface area contributed by atoms with E-state index in [2.05, 4.69) is 14.4 Å². The van der Waals surface area contributed by atoms with Gasteiger partial charge in [-0.3, -0.25) is 5.32 Å². The fourth-order valence-corrected chi connectivity index (χ4v) is 1.03. The lowest BCUT2D eigenvalue weighted by molar-refractivity contribution is 0.168. The highest BCUT2D eigenvalue weighted by Crippen LogP contribution is 2.11. The summed E-state index contributed by atoms with van der Waals surface area (Å²) in [6.45, 7) is 2.14. The van der Waals surface area contributed by atoms with Crippen LogP contribution in [-0.2, 0) is 4.74 Å². The van der Waals surface area contributed by atoms with Crippen LogP contribution in [0.15, 0.2) is 12.3 Å². The van der Waals surface area contributed by atoms with E-state index in [9.17, 15) is 4.79 Å². The number of nitrogens with one attached hydrogen (secondary N) is 1. The third kappa shape index (κ3) is 2.55. The number of amides is 1. The van der Waals surface area contributed by atoms with Crippen LogP contribution in [0.1, 0.15) is 6.92 Å². The molecule has 0 aliphatic heterocycles. The Morgan fingerprint density at radius 3 is 3.27 bits per heavy atom. The predicted molar refractivity (Wildman–Crippen MR) is 42.8 cm³/mol. The Morgan fingerprint density at radius 1 is 1.91 bits per heavy atom. The van der Waals surface area contributed by atoms with Crippen LogP contribution in [-0.4, -0.2) is 17.1 Å². The minimum Gasteiger partial charge on any atom is -0.450 e. The number of rotatable bonds is 2. The Hall–Kier alpha value is -1.10. The molecule has 0 radical (unpaired) electrons. The molecule has 60 valence electrons. The molecule has 0 saturated carbocycles. The van der Waals surface area contributed by atoms with Crippen molar-refractivity contribution in [2.45, 2.75) is 6.92 Å². The average Bonchev–Trinajstić information content (AvgIpc) is 2.40. The summed E-state index contributed by atoms with van der Waals surface area (Å²) in [4.78, 5) is 10.8. The number of carbonyl (C=O) groups excluding carboxylic acids is 1. The van der Waals surface area contributed by atoms with Gasteiger partial charge in [0.15, 0.2) is 0 Å². The van der Waals surface area contributed by atoms with Gasteiger partial charge in [-0.25, -0.2) is 4.79 Å². The van der Waals surface area contributed by atoms with E-state index >= 15 is 0 Å². The molecule has 0 unspecified atom stereocenters. The van der Waals surface area contributed by atoms with Crippen LogP contribution in [0, 0.1) is 0 Å². The molecule has 0 bridgehead atoms. The van der Waals surface area contributed by atoms with Crippen molar-refractivity contribution in [2.75, 3.05) is 11.9 Å². The number of aromatic nitrogens is 1. The van der Waals surface area contributed by atoms with Crippen molar-refractivity contribution in [1.82, 2.24) is 4.37 Å².